The van der Waals surface area contributed by atoms with Crippen LogP contribution in [0.1, 0.15) is 43.9 Å². The Morgan fingerprint density at radius 3 is 2.21 bits per heavy atom. The Bertz CT molecular complexity index is 815. The molecule has 5 rings (SSSR count). The average Bonchev–Trinajstić information content (AvgIpc) is 3.35. The summed E-state index contributed by atoms with van der Waals surface area (Å²) in [6, 6.07) is 18.1. The SMILES string of the molecule is C1=C(N2CCCC2)c2ccccc2NC1c1ccc(N2CCNCC2)cc1.CC. The summed E-state index contributed by atoms with van der Waals surface area (Å²) in [5.41, 5.74) is 6.66. The second-order valence-electron chi connectivity index (χ2n) is 7.74. The quantitative estimate of drug-likeness (QED) is 0.793. The van der Waals surface area contributed by atoms with E-state index in [9.17, 15) is 0 Å². The van der Waals surface area contributed by atoms with E-state index < -0.39 is 0 Å². The molecular formula is C25H34N4. The second kappa shape index (κ2) is 9.36. The van der Waals surface area contributed by atoms with Crippen LogP contribution in [0.5, 0.6) is 0 Å². The Balaban J connectivity index is 0.000000994. The number of likely N-dealkylation sites (tertiary alicyclic amines) is 1. The second-order valence-corrected chi connectivity index (χ2v) is 7.74. The average molecular weight is 391 g/mol. The molecule has 4 nitrogen and oxygen atoms in total. The van der Waals surface area contributed by atoms with Gasteiger partial charge in [-0.25, -0.2) is 0 Å². The Morgan fingerprint density at radius 1 is 0.793 bits per heavy atom. The molecule has 0 saturated carbocycles. The number of rotatable bonds is 3. The first kappa shape index (κ1) is 19.8. The lowest BCUT2D eigenvalue weighted by atomic mass is 9.96. The summed E-state index contributed by atoms with van der Waals surface area (Å²) in [5, 5.41) is 7.16. The molecule has 2 fully saturated rings. The van der Waals surface area contributed by atoms with Gasteiger partial charge >= 0.3 is 0 Å². The van der Waals surface area contributed by atoms with E-state index in [2.05, 4.69) is 75.0 Å². The minimum absolute atomic E-state index is 0.229. The van der Waals surface area contributed by atoms with Gasteiger partial charge in [0.1, 0.15) is 0 Å². The van der Waals surface area contributed by atoms with Gasteiger partial charge in [0.15, 0.2) is 0 Å². The van der Waals surface area contributed by atoms with Gasteiger partial charge in [0.2, 0.25) is 0 Å². The van der Waals surface area contributed by atoms with E-state index in [-0.39, 0.29) is 6.04 Å². The third kappa shape index (κ3) is 4.27. The lowest BCUT2D eigenvalue weighted by molar-refractivity contribution is 0.490. The molecule has 3 aliphatic rings. The van der Waals surface area contributed by atoms with Crippen LogP contribution in [0.3, 0.4) is 0 Å². The molecular weight excluding hydrogens is 356 g/mol. The van der Waals surface area contributed by atoms with Crippen LogP contribution in [0, 0.1) is 0 Å². The summed E-state index contributed by atoms with van der Waals surface area (Å²) in [6.07, 6.45) is 5.03. The topological polar surface area (TPSA) is 30.5 Å². The Labute approximate surface area is 175 Å². The fourth-order valence-corrected chi connectivity index (χ4v) is 4.52. The Morgan fingerprint density at radius 2 is 1.48 bits per heavy atom. The molecule has 0 aliphatic carbocycles. The van der Waals surface area contributed by atoms with E-state index in [1.54, 1.807) is 0 Å². The number of hydrogen-bond acceptors (Lipinski definition) is 4. The van der Waals surface area contributed by atoms with Crippen LogP contribution in [0.25, 0.3) is 5.70 Å². The minimum Gasteiger partial charge on any atom is -0.374 e. The summed E-state index contributed by atoms with van der Waals surface area (Å²) < 4.78 is 0. The zero-order valence-electron chi connectivity index (χ0n) is 17.8. The molecule has 0 bridgehead atoms. The van der Waals surface area contributed by atoms with Crippen LogP contribution in [0.4, 0.5) is 11.4 Å². The monoisotopic (exact) mass is 390 g/mol. The summed E-state index contributed by atoms with van der Waals surface area (Å²) in [7, 11) is 0. The Kier molecular flexibility index (Phi) is 6.40. The third-order valence-corrected chi connectivity index (χ3v) is 6.02. The first-order valence-electron chi connectivity index (χ1n) is 11.3. The molecule has 3 heterocycles. The van der Waals surface area contributed by atoms with Gasteiger partial charge in [-0.3, -0.25) is 0 Å². The number of anilines is 2. The zero-order valence-corrected chi connectivity index (χ0v) is 17.8. The number of nitrogens with zero attached hydrogens (tertiary/aromatic N) is 2. The maximum Gasteiger partial charge on any atom is 0.0721 e. The van der Waals surface area contributed by atoms with Crippen molar-refractivity contribution in [3.05, 3.63) is 65.7 Å². The molecule has 0 amide bonds. The van der Waals surface area contributed by atoms with E-state index in [0.29, 0.717) is 0 Å². The van der Waals surface area contributed by atoms with Crippen LogP contribution in [-0.4, -0.2) is 44.2 Å². The van der Waals surface area contributed by atoms with Crippen molar-refractivity contribution in [1.82, 2.24) is 10.2 Å². The maximum atomic E-state index is 3.74. The van der Waals surface area contributed by atoms with Crippen molar-refractivity contribution in [1.29, 1.82) is 0 Å². The van der Waals surface area contributed by atoms with E-state index in [4.69, 9.17) is 0 Å². The summed E-state index contributed by atoms with van der Waals surface area (Å²) in [6.45, 7) is 10.7. The van der Waals surface area contributed by atoms with Crippen LogP contribution >= 0.6 is 0 Å². The van der Waals surface area contributed by atoms with Crippen LogP contribution in [0.2, 0.25) is 0 Å². The fourth-order valence-electron chi connectivity index (χ4n) is 4.52. The van der Waals surface area contributed by atoms with Gasteiger partial charge in [0, 0.05) is 61.9 Å². The standard InChI is InChI=1S/C23H28N4.C2H6/c1-2-6-21-20(5-1)23(27-13-3-4-14-27)17-22(25-21)18-7-9-19(10-8-18)26-15-11-24-12-16-26;1-2/h1-2,5-10,17,22,24-25H,3-4,11-16H2;1-2H3. The molecule has 2 aromatic rings. The molecule has 0 radical (unpaired) electrons. The molecule has 1 unspecified atom stereocenters. The predicted molar refractivity (Wildman–Crippen MR) is 124 cm³/mol. The van der Waals surface area contributed by atoms with Gasteiger partial charge in [-0.15, -0.1) is 0 Å². The molecule has 0 aromatic heterocycles. The normalized spacial score (nSPS) is 20.9. The maximum absolute atomic E-state index is 3.74. The van der Waals surface area contributed by atoms with Crippen molar-refractivity contribution in [2.75, 3.05) is 49.5 Å². The highest BCUT2D eigenvalue weighted by Crippen LogP contribution is 2.38. The van der Waals surface area contributed by atoms with Crippen LogP contribution in [-0.2, 0) is 0 Å². The number of hydrogen-bond donors (Lipinski definition) is 2. The molecule has 2 saturated heterocycles. The van der Waals surface area contributed by atoms with Crippen molar-refractivity contribution in [3.63, 3.8) is 0 Å². The van der Waals surface area contributed by atoms with E-state index in [0.717, 1.165) is 26.2 Å². The van der Waals surface area contributed by atoms with Gasteiger partial charge < -0.3 is 20.4 Å². The highest BCUT2D eigenvalue weighted by Gasteiger charge is 2.25. The first-order chi connectivity index (χ1) is 14.4. The first-order valence-corrected chi connectivity index (χ1v) is 11.3. The number of piperazine rings is 1. The fraction of sp³-hybridized carbons (Fsp3) is 0.440. The number of nitrogens with one attached hydrogen (secondary N) is 2. The van der Waals surface area contributed by atoms with Gasteiger partial charge in [-0.1, -0.05) is 44.2 Å². The lowest BCUT2D eigenvalue weighted by Crippen LogP contribution is -2.43. The number of fused-ring (bicyclic) bond motifs is 1. The van der Waals surface area contributed by atoms with E-state index in [1.807, 2.05) is 13.8 Å². The molecule has 0 spiro atoms. The highest BCUT2D eigenvalue weighted by atomic mass is 15.2. The van der Waals surface area contributed by atoms with E-state index >= 15 is 0 Å². The summed E-state index contributed by atoms with van der Waals surface area (Å²) in [5.74, 6) is 0. The van der Waals surface area contributed by atoms with Crippen molar-refractivity contribution < 1.29 is 0 Å². The zero-order chi connectivity index (χ0) is 20.1. The highest BCUT2D eigenvalue weighted by molar-refractivity contribution is 5.79. The van der Waals surface area contributed by atoms with Gasteiger partial charge in [0.05, 0.1) is 6.04 Å². The summed E-state index contributed by atoms with van der Waals surface area (Å²) in [4.78, 5) is 5.02. The van der Waals surface area contributed by atoms with Crippen LogP contribution < -0.4 is 15.5 Å². The largest absolute Gasteiger partial charge is 0.374 e. The molecule has 29 heavy (non-hydrogen) atoms. The lowest BCUT2D eigenvalue weighted by Gasteiger charge is -2.32. The van der Waals surface area contributed by atoms with Gasteiger partial charge in [-0.05, 0) is 42.7 Å². The van der Waals surface area contributed by atoms with Crippen molar-refractivity contribution >= 4 is 17.1 Å². The smallest absolute Gasteiger partial charge is 0.0721 e. The molecule has 3 aliphatic heterocycles. The van der Waals surface area contributed by atoms with Crippen molar-refractivity contribution in [2.45, 2.75) is 32.7 Å². The molecule has 154 valence electrons. The minimum atomic E-state index is 0.229. The summed E-state index contributed by atoms with van der Waals surface area (Å²) >= 11 is 0. The number of para-hydroxylation sites is 1. The van der Waals surface area contributed by atoms with Crippen LogP contribution in [0.15, 0.2) is 54.6 Å². The molecule has 1 atom stereocenters. The Hall–Kier alpha value is -2.46. The number of benzene rings is 2. The molecule has 2 aromatic carbocycles. The van der Waals surface area contributed by atoms with Gasteiger partial charge in [-0.2, -0.15) is 0 Å². The van der Waals surface area contributed by atoms with Crippen molar-refractivity contribution in [2.24, 2.45) is 0 Å². The predicted octanol–water partition coefficient (Wildman–Crippen LogP) is 4.73. The van der Waals surface area contributed by atoms with Gasteiger partial charge in [0.25, 0.3) is 0 Å². The van der Waals surface area contributed by atoms with E-state index in [1.165, 1.54) is 54.1 Å². The third-order valence-electron chi connectivity index (χ3n) is 6.02. The molecule has 2 N–H and O–H groups in total. The van der Waals surface area contributed by atoms with Crippen molar-refractivity contribution in [3.8, 4) is 0 Å². The molecule has 4 heteroatoms.